The predicted octanol–water partition coefficient (Wildman–Crippen LogP) is 1.60. The fourth-order valence-electron chi connectivity index (χ4n) is 2.10. The van der Waals surface area contributed by atoms with Crippen molar-refractivity contribution in [3.05, 3.63) is 30.3 Å². The van der Waals surface area contributed by atoms with Crippen LogP contribution in [0.5, 0.6) is 5.75 Å². The van der Waals surface area contributed by atoms with Gasteiger partial charge in [-0.3, -0.25) is 4.79 Å². The minimum atomic E-state index is -0.0561. The van der Waals surface area contributed by atoms with Crippen molar-refractivity contribution < 1.29 is 9.53 Å². The number of hydrogen-bond donors (Lipinski definition) is 2. The monoisotopic (exact) mass is 284 g/mol. The van der Waals surface area contributed by atoms with Gasteiger partial charge in [0.25, 0.3) is 5.91 Å². The van der Waals surface area contributed by atoms with Gasteiger partial charge in [0.2, 0.25) is 0 Å². The Morgan fingerprint density at radius 3 is 2.84 bits per heavy atom. The number of para-hydroxylation sites is 1. The van der Waals surface area contributed by atoms with E-state index in [1.165, 1.54) is 0 Å². The zero-order chi connectivity index (χ0) is 12.8. The van der Waals surface area contributed by atoms with Crippen molar-refractivity contribution in [2.75, 3.05) is 19.7 Å². The Balaban J connectivity index is 0.00000180. The second-order valence-electron chi connectivity index (χ2n) is 4.75. The number of carbonyl (C=O) groups is 1. The Kier molecular flexibility index (Phi) is 6.67. The van der Waals surface area contributed by atoms with Crippen molar-refractivity contribution in [2.45, 2.75) is 19.4 Å². The third kappa shape index (κ3) is 5.09. The number of benzene rings is 1. The van der Waals surface area contributed by atoms with Crippen molar-refractivity contribution in [2.24, 2.45) is 5.92 Å². The van der Waals surface area contributed by atoms with Gasteiger partial charge in [0.05, 0.1) is 0 Å². The molecule has 2 atom stereocenters. The number of amides is 1. The molecule has 0 bridgehead atoms. The molecule has 0 aliphatic carbocycles. The fraction of sp³-hybridized carbons (Fsp3) is 0.500. The van der Waals surface area contributed by atoms with Crippen molar-refractivity contribution in [1.82, 2.24) is 10.6 Å². The van der Waals surface area contributed by atoms with E-state index in [0.717, 1.165) is 25.3 Å². The average Bonchev–Trinajstić information content (AvgIpc) is 2.40. The lowest BCUT2D eigenvalue weighted by molar-refractivity contribution is -0.124. The van der Waals surface area contributed by atoms with Gasteiger partial charge in [-0.05, 0) is 31.0 Å². The van der Waals surface area contributed by atoms with Crippen LogP contribution in [0.15, 0.2) is 30.3 Å². The molecule has 0 aromatic heterocycles. The molecule has 4 nitrogen and oxygen atoms in total. The van der Waals surface area contributed by atoms with Gasteiger partial charge in [-0.2, -0.15) is 0 Å². The van der Waals surface area contributed by atoms with Crippen LogP contribution in [0.3, 0.4) is 0 Å². The van der Waals surface area contributed by atoms with E-state index in [1.54, 1.807) is 0 Å². The number of hydrogen-bond acceptors (Lipinski definition) is 3. The molecule has 1 aromatic carbocycles. The van der Waals surface area contributed by atoms with Crippen LogP contribution >= 0.6 is 12.4 Å². The first-order valence-electron chi connectivity index (χ1n) is 6.43. The minimum Gasteiger partial charge on any atom is -0.484 e. The largest absolute Gasteiger partial charge is 0.484 e. The van der Waals surface area contributed by atoms with Crippen molar-refractivity contribution in [1.29, 1.82) is 0 Å². The van der Waals surface area contributed by atoms with Gasteiger partial charge < -0.3 is 15.4 Å². The summed E-state index contributed by atoms with van der Waals surface area (Å²) in [5.74, 6) is 1.19. The number of halogens is 1. The molecule has 0 radical (unpaired) electrons. The molecule has 1 aliphatic heterocycles. The summed E-state index contributed by atoms with van der Waals surface area (Å²) in [4.78, 5) is 11.8. The Labute approximate surface area is 120 Å². The van der Waals surface area contributed by atoms with E-state index in [0.29, 0.717) is 5.92 Å². The number of rotatable bonds is 4. The van der Waals surface area contributed by atoms with Gasteiger partial charge in [0.15, 0.2) is 6.61 Å². The first kappa shape index (κ1) is 15.8. The zero-order valence-electron chi connectivity index (χ0n) is 11.1. The van der Waals surface area contributed by atoms with Crippen LogP contribution in [-0.2, 0) is 4.79 Å². The molecular weight excluding hydrogens is 264 g/mol. The minimum absolute atomic E-state index is 0. The van der Waals surface area contributed by atoms with Crippen molar-refractivity contribution >= 4 is 18.3 Å². The molecule has 2 N–H and O–H groups in total. The van der Waals surface area contributed by atoms with E-state index >= 15 is 0 Å². The summed E-state index contributed by atoms with van der Waals surface area (Å²) in [6.45, 7) is 4.13. The summed E-state index contributed by atoms with van der Waals surface area (Å²) in [5, 5.41) is 6.30. The van der Waals surface area contributed by atoms with Crippen molar-refractivity contribution in [3.63, 3.8) is 0 Å². The molecule has 5 heteroatoms. The highest BCUT2D eigenvalue weighted by Gasteiger charge is 2.22. The predicted molar refractivity (Wildman–Crippen MR) is 77.8 cm³/mol. The number of nitrogens with one attached hydrogen (secondary N) is 2. The first-order chi connectivity index (χ1) is 8.75. The zero-order valence-corrected chi connectivity index (χ0v) is 11.9. The molecule has 1 heterocycles. The lowest BCUT2D eigenvalue weighted by atomic mass is 9.95. The maximum atomic E-state index is 11.8. The molecule has 0 saturated carbocycles. The lowest BCUT2D eigenvalue weighted by Gasteiger charge is -2.30. The van der Waals surface area contributed by atoms with Gasteiger partial charge in [-0.25, -0.2) is 0 Å². The fourth-order valence-corrected chi connectivity index (χ4v) is 2.10. The van der Waals surface area contributed by atoms with Crippen molar-refractivity contribution in [3.8, 4) is 5.75 Å². The average molecular weight is 285 g/mol. The number of ether oxygens (including phenoxy) is 1. The van der Waals surface area contributed by atoms with Gasteiger partial charge in [0, 0.05) is 12.6 Å². The summed E-state index contributed by atoms with van der Waals surface area (Å²) in [5.41, 5.74) is 0. The van der Waals surface area contributed by atoms with Crippen LogP contribution in [0.25, 0.3) is 0 Å². The summed E-state index contributed by atoms with van der Waals surface area (Å²) >= 11 is 0. The SMILES string of the molecule is CC1CCNCC1NC(=O)COc1ccccc1.Cl. The van der Waals surface area contributed by atoms with E-state index < -0.39 is 0 Å². The molecule has 2 rings (SSSR count). The highest BCUT2D eigenvalue weighted by Crippen LogP contribution is 2.11. The van der Waals surface area contributed by atoms with Crippen LogP contribution in [0.2, 0.25) is 0 Å². The van der Waals surface area contributed by atoms with Gasteiger partial charge >= 0.3 is 0 Å². The maximum Gasteiger partial charge on any atom is 0.258 e. The second-order valence-corrected chi connectivity index (χ2v) is 4.75. The number of piperidine rings is 1. The topological polar surface area (TPSA) is 50.4 Å². The quantitative estimate of drug-likeness (QED) is 0.883. The Morgan fingerprint density at radius 1 is 1.42 bits per heavy atom. The maximum absolute atomic E-state index is 11.8. The highest BCUT2D eigenvalue weighted by molar-refractivity contribution is 5.85. The highest BCUT2D eigenvalue weighted by atomic mass is 35.5. The molecule has 1 saturated heterocycles. The molecule has 1 aromatic rings. The van der Waals surface area contributed by atoms with E-state index in [-0.39, 0.29) is 31.0 Å². The molecule has 2 unspecified atom stereocenters. The summed E-state index contributed by atoms with van der Waals surface area (Å²) in [6, 6.07) is 9.60. The molecule has 1 aliphatic rings. The van der Waals surface area contributed by atoms with Gasteiger partial charge in [0.1, 0.15) is 5.75 Å². The van der Waals surface area contributed by atoms with Crippen LogP contribution in [0.1, 0.15) is 13.3 Å². The van der Waals surface area contributed by atoms with E-state index in [4.69, 9.17) is 4.74 Å². The van der Waals surface area contributed by atoms with E-state index in [2.05, 4.69) is 17.6 Å². The molecule has 106 valence electrons. The molecular formula is C14H21ClN2O2. The normalized spacial score (nSPS) is 22.2. The smallest absolute Gasteiger partial charge is 0.258 e. The summed E-state index contributed by atoms with van der Waals surface area (Å²) < 4.78 is 5.41. The summed E-state index contributed by atoms with van der Waals surface area (Å²) in [7, 11) is 0. The third-order valence-corrected chi connectivity index (χ3v) is 3.29. The van der Waals surface area contributed by atoms with Crippen LogP contribution in [0, 0.1) is 5.92 Å². The van der Waals surface area contributed by atoms with Crippen LogP contribution in [0.4, 0.5) is 0 Å². The van der Waals surface area contributed by atoms with Crippen LogP contribution < -0.4 is 15.4 Å². The molecule has 19 heavy (non-hydrogen) atoms. The molecule has 0 spiro atoms. The molecule has 1 fully saturated rings. The van der Waals surface area contributed by atoms with Crippen LogP contribution in [-0.4, -0.2) is 31.6 Å². The van der Waals surface area contributed by atoms with Gasteiger partial charge in [-0.1, -0.05) is 25.1 Å². The van der Waals surface area contributed by atoms with E-state index in [9.17, 15) is 4.79 Å². The second kappa shape index (κ2) is 8.02. The molecule has 1 amide bonds. The number of carbonyl (C=O) groups excluding carboxylic acids is 1. The first-order valence-corrected chi connectivity index (χ1v) is 6.43. The Bertz CT molecular complexity index is 386. The lowest BCUT2D eigenvalue weighted by Crippen LogP contribution is -2.51. The standard InChI is InChI=1S/C14H20N2O2.ClH/c1-11-7-8-15-9-13(11)16-14(17)10-18-12-5-3-2-4-6-12;/h2-6,11,13,15H,7-10H2,1H3,(H,16,17);1H. The van der Waals surface area contributed by atoms with E-state index in [1.807, 2.05) is 30.3 Å². The Morgan fingerprint density at radius 2 is 2.16 bits per heavy atom. The van der Waals surface area contributed by atoms with Gasteiger partial charge in [-0.15, -0.1) is 12.4 Å². The summed E-state index contributed by atoms with van der Waals surface area (Å²) in [6.07, 6.45) is 1.10. The Hall–Kier alpha value is -1.26. The third-order valence-electron chi connectivity index (χ3n) is 3.29.